The zero-order valence-corrected chi connectivity index (χ0v) is 22.5. The molecule has 1 aliphatic heterocycles. The summed E-state index contributed by atoms with van der Waals surface area (Å²) in [4.78, 5) is 20.9. The van der Waals surface area contributed by atoms with Crippen LogP contribution in [-0.4, -0.2) is 17.6 Å². The van der Waals surface area contributed by atoms with E-state index in [1.165, 1.54) is 0 Å². The third-order valence-corrected chi connectivity index (χ3v) is 7.87. The number of aromatic nitrogens is 1. The number of thiophene rings is 1. The van der Waals surface area contributed by atoms with E-state index in [-0.39, 0.29) is 5.97 Å². The van der Waals surface area contributed by atoms with Gasteiger partial charge in [0.05, 0.1) is 40.4 Å². The number of anilines is 3. The van der Waals surface area contributed by atoms with Crippen molar-refractivity contribution < 1.29 is 14.3 Å². The van der Waals surface area contributed by atoms with E-state index in [0.717, 1.165) is 61.2 Å². The van der Waals surface area contributed by atoms with Gasteiger partial charge in [0.15, 0.2) is 11.5 Å². The average molecular weight is 541 g/mol. The Morgan fingerprint density at radius 1 is 0.825 bits per heavy atom. The van der Waals surface area contributed by atoms with Gasteiger partial charge in [-0.15, -0.1) is 11.3 Å². The van der Waals surface area contributed by atoms with Gasteiger partial charge in [-0.2, -0.15) is 0 Å². The number of nitrogens with zero attached hydrogens (tertiary/aromatic N) is 2. The Morgan fingerprint density at radius 2 is 1.52 bits per heavy atom. The average Bonchev–Trinajstić information content (AvgIpc) is 3.54. The summed E-state index contributed by atoms with van der Waals surface area (Å²) in [6, 6.07) is 36.3. The molecule has 1 aliphatic rings. The summed E-state index contributed by atoms with van der Waals surface area (Å²) in [7, 11) is 0. The fraction of sp³-hybridized carbons (Fsp3) is 0.0588. The first-order valence-electron chi connectivity index (χ1n) is 13.1. The lowest BCUT2D eigenvalue weighted by atomic mass is 10.0. The predicted molar refractivity (Wildman–Crippen MR) is 161 cm³/mol. The van der Waals surface area contributed by atoms with Gasteiger partial charge in [-0.05, 0) is 66.9 Å². The first kappa shape index (κ1) is 24.1. The molecule has 40 heavy (non-hydrogen) atoms. The Balaban J connectivity index is 1.47. The van der Waals surface area contributed by atoms with Crippen LogP contribution < -0.4 is 9.64 Å². The van der Waals surface area contributed by atoms with Gasteiger partial charge in [0.2, 0.25) is 0 Å². The standard InChI is InChI=1S/C34H24N2O3S/c1-2-38-34(37)23-18-16-22(17-19-23)26-21-25(32-15-8-20-40-32)24-9-7-12-29(33(24)35-26)36-27-10-3-5-13-30(27)39-31-14-6-4-11-28(31)36/h3-21H,2H2,1H3. The van der Waals surface area contributed by atoms with Crippen LogP contribution in [0, 0.1) is 0 Å². The maximum absolute atomic E-state index is 12.2. The Morgan fingerprint density at radius 3 is 2.20 bits per heavy atom. The van der Waals surface area contributed by atoms with Gasteiger partial charge in [-0.1, -0.05) is 54.6 Å². The number of ether oxygens (including phenoxy) is 2. The Kier molecular flexibility index (Phi) is 6.02. The molecular formula is C34H24N2O3S. The van der Waals surface area contributed by atoms with Gasteiger partial charge in [0.25, 0.3) is 0 Å². The summed E-state index contributed by atoms with van der Waals surface area (Å²) in [5, 5.41) is 3.15. The molecule has 6 heteroatoms. The maximum Gasteiger partial charge on any atom is 0.338 e. The highest BCUT2D eigenvalue weighted by Gasteiger charge is 2.27. The van der Waals surface area contributed by atoms with E-state index in [2.05, 4.69) is 58.8 Å². The highest BCUT2D eigenvalue weighted by Crippen LogP contribution is 2.51. The Hall–Kier alpha value is -4.94. The maximum atomic E-state index is 12.2. The molecule has 6 aromatic rings. The zero-order chi connectivity index (χ0) is 27.1. The van der Waals surface area contributed by atoms with Crippen LogP contribution in [-0.2, 0) is 4.74 Å². The molecule has 2 aromatic heterocycles. The number of rotatable bonds is 5. The van der Waals surface area contributed by atoms with E-state index >= 15 is 0 Å². The van der Waals surface area contributed by atoms with Crippen molar-refractivity contribution in [1.29, 1.82) is 0 Å². The van der Waals surface area contributed by atoms with E-state index in [9.17, 15) is 4.79 Å². The predicted octanol–water partition coefficient (Wildman–Crippen LogP) is 9.38. The number of para-hydroxylation sites is 5. The molecule has 0 fully saturated rings. The highest BCUT2D eigenvalue weighted by atomic mass is 32.1. The number of benzene rings is 4. The summed E-state index contributed by atoms with van der Waals surface area (Å²) in [6.07, 6.45) is 0. The largest absolute Gasteiger partial charge is 0.462 e. The minimum absolute atomic E-state index is 0.327. The monoisotopic (exact) mass is 540 g/mol. The number of fused-ring (bicyclic) bond motifs is 3. The number of hydrogen-bond donors (Lipinski definition) is 0. The molecule has 3 heterocycles. The third-order valence-electron chi connectivity index (χ3n) is 6.97. The Bertz CT molecular complexity index is 1820. The van der Waals surface area contributed by atoms with Crippen molar-refractivity contribution in [2.24, 2.45) is 0 Å². The second-order valence-electron chi connectivity index (χ2n) is 9.38. The fourth-order valence-corrected chi connectivity index (χ4v) is 5.91. The van der Waals surface area contributed by atoms with E-state index in [1.807, 2.05) is 48.5 Å². The summed E-state index contributed by atoms with van der Waals surface area (Å²) in [5.74, 6) is 1.26. The highest BCUT2D eigenvalue weighted by molar-refractivity contribution is 7.13. The van der Waals surface area contributed by atoms with E-state index < -0.39 is 0 Å². The van der Waals surface area contributed by atoms with Gasteiger partial charge in [0.1, 0.15) is 0 Å². The summed E-state index contributed by atoms with van der Waals surface area (Å²) < 4.78 is 11.4. The smallest absolute Gasteiger partial charge is 0.338 e. The molecule has 0 saturated carbocycles. The van der Waals surface area contributed by atoms with Crippen LogP contribution in [0.3, 0.4) is 0 Å². The van der Waals surface area contributed by atoms with Gasteiger partial charge < -0.3 is 14.4 Å². The van der Waals surface area contributed by atoms with Crippen molar-refractivity contribution >= 4 is 45.3 Å². The van der Waals surface area contributed by atoms with E-state index in [4.69, 9.17) is 14.5 Å². The molecule has 7 rings (SSSR count). The minimum Gasteiger partial charge on any atom is -0.462 e. The molecule has 0 aliphatic carbocycles. The second-order valence-corrected chi connectivity index (χ2v) is 10.3. The summed E-state index contributed by atoms with van der Waals surface area (Å²) >= 11 is 1.70. The van der Waals surface area contributed by atoms with Gasteiger partial charge >= 0.3 is 5.97 Å². The van der Waals surface area contributed by atoms with Crippen molar-refractivity contribution in [2.45, 2.75) is 6.92 Å². The summed E-state index contributed by atoms with van der Waals surface area (Å²) in [6.45, 7) is 2.15. The number of esters is 1. The lowest BCUT2D eigenvalue weighted by molar-refractivity contribution is 0.0526. The number of pyridine rings is 1. The van der Waals surface area contributed by atoms with Crippen LogP contribution in [0.15, 0.2) is 115 Å². The molecule has 0 saturated heterocycles. The normalized spacial score (nSPS) is 12.0. The number of hydrogen-bond acceptors (Lipinski definition) is 6. The van der Waals surface area contributed by atoms with Crippen molar-refractivity contribution in [3.63, 3.8) is 0 Å². The van der Waals surface area contributed by atoms with Crippen LogP contribution in [0.2, 0.25) is 0 Å². The Labute approximate surface area is 235 Å². The van der Waals surface area contributed by atoms with Crippen molar-refractivity contribution in [3.05, 3.63) is 120 Å². The van der Waals surface area contributed by atoms with Crippen molar-refractivity contribution in [1.82, 2.24) is 4.98 Å². The SMILES string of the molecule is CCOC(=O)c1ccc(-c2cc(-c3cccs3)c3cccc(N4c5ccccc5Oc5ccccc54)c3n2)cc1. The molecule has 4 aromatic carbocycles. The molecule has 0 bridgehead atoms. The first-order valence-corrected chi connectivity index (χ1v) is 14.0. The molecule has 194 valence electrons. The van der Waals surface area contributed by atoms with Crippen LogP contribution in [0.1, 0.15) is 17.3 Å². The summed E-state index contributed by atoms with van der Waals surface area (Å²) in [5.41, 5.74) is 7.13. The third kappa shape index (κ3) is 4.10. The minimum atomic E-state index is -0.327. The van der Waals surface area contributed by atoms with Crippen LogP contribution in [0.5, 0.6) is 11.5 Å². The van der Waals surface area contributed by atoms with Crippen LogP contribution >= 0.6 is 11.3 Å². The van der Waals surface area contributed by atoms with Crippen LogP contribution in [0.4, 0.5) is 17.1 Å². The van der Waals surface area contributed by atoms with Crippen LogP contribution in [0.25, 0.3) is 32.6 Å². The van der Waals surface area contributed by atoms with E-state index in [0.29, 0.717) is 12.2 Å². The first-order chi connectivity index (χ1) is 19.7. The lowest BCUT2D eigenvalue weighted by Gasteiger charge is -2.33. The lowest BCUT2D eigenvalue weighted by Crippen LogP contribution is -2.16. The molecule has 0 amide bonds. The van der Waals surface area contributed by atoms with E-state index in [1.54, 1.807) is 30.4 Å². The number of carbonyl (C=O) groups excluding carboxylic acids is 1. The van der Waals surface area contributed by atoms with Crippen molar-refractivity contribution in [2.75, 3.05) is 11.5 Å². The molecule has 0 radical (unpaired) electrons. The zero-order valence-electron chi connectivity index (χ0n) is 21.7. The van der Waals surface area contributed by atoms with Gasteiger partial charge in [-0.3, -0.25) is 0 Å². The molecule has 0 unspecified atom stereocenters. The molecule has 5 nitrogen and oxygen atoms in total. The number of carbonyl (C=O) groups is 1. The molecule has 0 atom stereocenters. The fourth-order valence-electron chi connectivity index (χ4n) is 5.15. The molecular weight excluding hydrogens is 516 g/mol. The molecule has 0 spiro atoms. The van der Waals surface area contributed by atoms with Crippen molar-refractivity contribution in [3.8, 4) is 33.2 Å². The van der Waals surface area contributed by atoms with Gasteiger partial charge in [0, 0.05) is 21.4 Å². The second kappa shape index (κ2) is 9.98. The topological polar surface area (TPSA) is 51.7 Å². The van der Waals surface area contributed by atoms with Gasteiger partial charge in [-0.25, -0.2) is 9.78 Å². The molecule has 0 N–H and O–H groups in total. The quantitative estimate of drug-likeness (QED) is 0.204.